The van der Waals surface area contributed by atoms with Crippen LogP contribution in [0.15, 0.2) is 204 Å². The van der Waals surface area contributed by atoms with Gasteiger partial charge in [0, 0.05) is 75.3 Å². The Morgan fingerprint density at radius 2 is 0.779 bits per heavy atom. The van der Waals surface area contributed by atoms with Crippen molar-refractivity contribution in [1.82, 2.24) is 10.6 Å². The number of Topliss-reactive ketones (excluding diaryl/α,β-unsaturated/α-hetero) is 2. The molecular weight excluding hydrogens is 1700 g/mol. The maximum atomic E-state index is 15.7. The van der Waals surface area contributed by atoms with Crippen LogP contribution in [-0.4, -0.2) is 223 Å². The number of aliphatic hydroxyl groups is 5. The number of benzene rings is 6. The topological polar surface area (TPSA) is 486 Å². The molecule has 6 aromatic carbocycles. The van der Waals surface area contributed by atoms with Gasteiger partial charge in [-0.15, -0.1) is 0 Å². The third-order valence-corrected chi connectivity index (χ3v) is 27.7. The van der Waals surface area contributed by atoms with E-state index in [4.69, 9.17) is 52.1 Å². The normalized spacial score (nSPS) is 30.7. The highest BCUT2D eigenvalue weighted by atomic mass is 16.7. The minimum Gasteiger partial charge on any atom is -0.481 e. The van der Waals surface area contributed by atoms with E-state index in [-0.39, 0.29) is 76.2 Å². The molecule has 6 aromatic rings. The number of nitrogens with one attached hydrogen (secondary N) is 2. The van der Waals surface area contributed by atoms with Gasteiger partial charge in [-0.3, -0.25) is 47.9 Å². The summed E-state index contributed by atoms with van der Waals surface area (Å²) >= 11 is 0. The summed E-state index contributed by atoms with van der Waals surface area (Å²) in [5.41, 5.74) is -14.8. The monoisotopic (exact) mass is 1810 g/mol. The predicted octanol–water partition coefficient (Wildman–Crippen LogP) is 7.89. The smallest absolute Gasteiger partial charge is 0.350 e. The molecule has 0 radical (unpaired) electrons. The number of carboxylic acid groups (broad SMARTS) is 1. The van der Waals surface area contributed by atoms with Gasteiger partial charge >= 0.3 is 59.7 Å². The lowest BCUT2D eigenvalue weighted by atomic mass is 9.44. The van der Waals surface area contributed by atoms with Gasteiger partial charge in [-0.25, -0.2) is 19.2 Å². The molecule has 8 N–H and O–H groups in total. The highest BCUT2D eigenvalue weighted by Crippen LogP contribution is 2.67. The van der Waals surface area contributed by atoms with Crippen LogP contribution in [0.4, 0.5) is 0 Å². The molecule has 131 heavy (non-hydrogen) atoms. The molecule has 33 heteroatoms. The fourth-order valence-corrected chi connectivity index (χ4v) is 20.9. The molecule has 6 fully saturated rings. The van der Waals surface area contributed by atoms with Crippen LogP contribution in [-0.2, 0) is 100 Å². The standard InChI is InChI=1S/C51H55NO17.C47H51NO14/c1-27-33(66-47(62)41(67-37(58)23-22-36(56)57)39(30-16-10-7-11-17-30)52-45(60)31-18-12-8-13-19-31)25-51(63)44(68-46(61)32-20-14-9-15-21-32)42-49(6,34(55)24-35-50(42,26-64-35)69-29(3)54)43(59)40(65-28(2)53)38(27)48(51,4)5;1-25-31(60-43(56)36(52)35(28-16-10-7-11-17-28)48-41(54)29-18-12-8-13-19-29)23-47(57)40(61-42(55)30-20-14-9-15-21-30)38-45(6,32(51)22-33-46(38,24-58-33)62-27(3)50)39(53)37(59-26(2)49)34(25)44(47,4)5/h7-21,33-35,39-42,44,55,63H,22-26H2,1-6H3,(H,52,60)(H,56,57);7-21,31-33,35-38,40,51-52,57H,22-24H2,1-6H3,(H,48,54)/t33-,34-,35+,39-,40+,41+,42-,44-,49+,50-,51+;31-,32-,33+,35-,36+,37+,38-,40-,45+,46-,47+/m00/s1. The zero-order valence-corrected chi connectivity index (χ0v) is 74.1. The summed E-state index contributed by atoms with van der Waals surface area (Å²) in [7, 11) is 0. The van der Waals surface area contributed by atoms with Gasteiger partial charge in [0.25, 0.3) is 11.8 Å². The largest absolute Gasteiger partial charge is 0.481 e. The van der Waals surface area contributed by atoms with Crippen molar-refractivity contribution in [3.63, 3.8) is 0 Å². The molecule has 2 amide bonds. The number of aliphatic carboxylic acids is 1. The zero-order chi connectivity index (χ0) is 95.2. The number of esters is 9. The van der Waals surface area contributed by atoms with Gasteiger partial charge in [0.2, 0.25) is 6.10 Å². The van der Waals surface area contributed by atoms with Crippen LogP contribution in [0.3, 0.4) is 0 Å². The van der Waals surface area contributed by atoms with Gasteiger partial charge in [0.05, 0.1) is 78.1 Å². The van der Waals surface area contributed by atoms with Crippen molar-refractivity contribution < 1.29 is 150 Å². The maximum absolute atomic E-state index is 15.7. The minimum absolute atomic E-state index is 0.00289. The number of aliphatic hydroxyl groups excluding tert-OH is 3. The van der Waals surface area contributed by atoms with Crippen molar-refractivity contribution in [2.45, 2.75) is 229 Å². The minimum atomic E-state index is -2.50. The van der Waals surface area contributed by atoms with Crippen LogP contribution in [0, 0.1) is 33.5 Å². The summed E-state index contributed by atoms with van der Waals surface area (Å²) in [5, 5.41) is 78.4. The Morgan fingerprint density at radius 3 is 1.11 bits per heavy atom. The second-order valence-corrected chi connectivity index (χ2v) is 36.1. The van der Waals surface area contributed by atoms with Crippen molar-refractivity contribution in [2.24, 2.45) is 33.5 Å². The molecular formula is C98H106N2O31. The number of ether oxygens (including phenoxy) is 11. The second kappa shape index (κ2) is 37.4. The first kappa shape index (κ1) is 96.1. The molecule has 14 rings (SSSR count). The van der Waals surface area contributed by atoms with Crippen molar-refractivity contribution in [3.05, 3.63) is 238 Å². The molecule has 2 saturated heterocycles. The average molecular weight is 1810 g/mol. The molecule has 22 atom stereocenters. The van der Waals surface area contributed by atoms with E-state index in [2.05, 4.69) is 10.6 Å². The molecule has 4 bridgehead atoms. The van der Waals surface area contributed by atoms with E-state index in [1.165, 1.54) is 77.9 Å². The SMILES string of the molecule is CC(=O)O[C@H]1C(=O)[C@@]2(C)[C@H]([C@H](OC(=O)c3ccccc3)[C@]3(O)C[C@H](OC(=O)[C@H](O)[C@@H](NC(=O)c4ccccc4)c4ccccc4)C(C)=C1C3(C)C)[C@]1(OC(C)=O)CO[C@@H]1C[C@@H]2O.CC(=O)O[C@H]1C(=O)[C@@]2(C)[C@H]([C@H](OC(=O)c3ccccc3)[C@]3(O)C[C@H](OC(=O)[C@H](OC(=O)CCC(=O)O)[C@@H](NC(=O)c4ccccc4)c4ccccc4)C(C)=C1C3(C)C)[C@]1(OC(C)=O)CO[C@@H]1C[C@@H]2O. The van der Waals surface area contributed by atoms with Gasteiger partial charge in [-0.05, 0) is 110 Å². The van der Waals surface area contributed by atoms with E-state index in [1.54, 1.807) is 159 Å². The first-order chi connectivity index (χ1) is 61.8. The number of ketones is 2. The van der Waals surface area contributed by atoms with Gasteiger partial charge in [-0.2, -0.15) is 0 Å². The van der Waals surface area contributed by atoms with E-state index in [9.17, 15) is 83.4 Å². The fraction of sp³-hybridized carbons (Fsp3) is 0.449. The fourth-order valence-electron chi connectivity index (χ4n) is 20.9. The third kappa shape index (κ3) is 17.6. The lowest BCUT2D eigenvalue weighted by Crippen LogP contribution is -2.82. The molecule has 6 aliphatic carbocycles. The number of hydrogen-bond acceptors (Lipinski definition) is 30. The Morgan fingerprint density at radius 1 is 0.443 bits per heavy atom. The number of amides is 2. The summed E-state index contributed by atoms with van der Waals surface area (Å²) in [6.45, 7) is 15.7. The van der Waals surface area contributed by atoms with Crippen LogP contribution in [0.25, 0.3) is 0 Å². The van der Waals surface area contributed by atoms with E-state index < -0.39 is 250 Å². The molecule has 0 spiro atoms. The van der Waals surface area contributed by atoms with Crippen molar-refractivity contribution in [1.29, 1.82) is 0 Å². The Balaban J connectivity index is 0.000000224. The van der Waals surface area contributed by atoms with Crippen LogP contribution in [0.2, 0.25) is 0 Å². The van der Waals surface area contributed by atoms with E-state index >= 15 is 14.4 Å². The number of rotatable bonds is 24. The van der Waals surface area contributed by atoms with E-state index in [1.807, 2.05) is 0 Å². The van der Waals surface area contributed by atoms with Crippen LogP contribution >= 0.6 is 0 Å². The highest BCUT2D eigenvalue weighted by Gasteiger charge is 2.81. The number of carboxylic acids is 1. The highest BCUT2D eigenvalue weighted by molar-refractivity contribution is 5.99. The Labute approximate surface area is 753 Å². The molecule has 0 unspecified atom stereocenters. The van der Waals surface area contributed by atoms with Gasteiger partial charge in [0.1, 0.15) is 53.9 Å². The van der Waals surface area contributed by atoms with Crippen molar-refractivity contribution in [3.8, 4) is 0 Å². The molecule has 2 heterocycles. The summed E-state index contributed by atoms with van der Waals surface area (Å²) in [6.07, 6.45) is -23.0. The quantitative estimate of drug-likeness (QED) is 0.0162. The maximum Gasteiger partial charge on any atom is 0.350 e. The number of hydrogen-bond donors (Lipinski definition) is 8. The average Bonchev–Trinajstić information content (AvgIpc) is 0.671. The molecule has 33 nitrogen and oxygen atoms in total. The predicted molar refractivity (Wildman–Crippen MR) is 456 cm³/mol. The zero-order valence-electron chi connectivity index (χ0n) is 74.1. The Bertz CT molecular complexity index is 5500. The van der Waals surface area contributed by atoms with E-state index in [0.717, 1.165) is 27.7 Å². The van der Waals surface area contributed by atoms with E-state index in [0.29, 0.717) is 5.56 Å². The lowest BCUT2D eigenvalue weighted by Gasteiger charge is -2.67. The van der Waals surface area contributed by atoms with Crippen LogP contribution in [0.1, 0.15) is 186 Å². The Kier molecular flexibility index (Phi) is 27.4. The number of carbonyl (C=O) groups is 14. The van der Waals surface area contributed by atoms with Crippen molar-refractivity contribution in [2.75, 3.05) is 13.2 Å². The van der Waals surface area contributed by atoms with Crippen molar-refractivity contribution >= 4 is 83.1 Å². The summed E-state index contributed by atoms with van der Waals surface area (Å²) in [6, 6.07) is 45.0. The summed E-state index contributed by atoms with van der Waals surface area (Å²) in [5.74, 6) is -16.6. The summed E-state index contributed by atoms with van der Waals surface area (Å²) < 4.78 is 66.6. The number of carbonyl (C=O) groups excluding carboxylic acids is 13. The molecule has 0 aromatic heterocycles. The molecule has 8 aliphatic rings. The second-order valence-electron chi connectivity index (χ2n) is 36.1. The first-order valence-electron chi connectivity index (χ1n) is 43.0. The first-order valence-corrected chi connectivity index (χ1v) is 43.0. The molecule has 694 valence electrons. The number of fused-ring (bicyclic) bond motifs is 10. The summed E-state index contributed by atoms with van der Waals surface area (Å²) in [4.78, 5) is 194. The van der Waals surface area contributed by atoms with Gasteiger partial charge in [0.15, 0.2) is 41.1 Å². The third-order valence-electron chi connectivity index (χ3n) is 27.7. The van der Waals surface area contributed by atoms with Gasteiger partial charge < -0.3 is 93.4 Å². The Hall–Kier alpha value is -12.5. The van der Waals surface area contributed by atoms with Crippen LogP contribution < -0.4 is 10.6 Å². The molecule has 4 saturated carbocycles. The van der Waals surface area contributed by atoms with Crippen LogP contribution in [0.5, 0.6) is 0 Å². The van der Waals surface area contributed by atoms with Gasteiger partial charge in [-0.1, -0.05) is 161 Å². The lowest BCUT2D eigenvalue weighted by molar-refractivity contribution is -0.346. The molecule has 2 aliphatic heterocycles.